The fourth-order valence-corrected chi connectivity index (χ4v) is 2.23. The Morgan fingerprint density at radius 3 is 2.53 bits per heavy atom. The molecule has 0 radical (unpaired) electrons. The molecule has 3 atom stereocenters. The van der Waals surface area contributed by atoms with Crippen LogP contribution in [0.1, 0.15) is 13.3 Å². The van der Waals surface area contributed by atoms with Crippen molar-refractivity contribution in [3.05, 3.63) is 23.8 Å². The van der Waals surface area contributed by atoms with E-state index in [0.29, 0.717) is 0 Å². The molecule has 0 aliphatic heterocycles. The minimum atomic E-state index is -1.32. The molecule has 3 N–H and O–H groups in total. The highest BCUT2D eigenvalue weighted by atomic mass is 16.5. The monoisotopic (exact) mass is 270 g/mol. The summed E-state index contributed by atoms with van der Waals surface area (Å²) in [6.07, 6.45) is 3.82. The van der Waals surface area contributed by atoms with Gasteiger partial charge in [0.1, 0.15) is 0 Å². The smallest absolute Gasteiger partial charge is 0.331 e. The third kappa shape index (κ3) is 3.02. The van der Waals surface area contributed by atoms with Crippen LogP contribution in [0, 0.1) is 11.3 Å². The van der Waals surface area contributed by atoms with E-state index in [1.54, 1.807) is 0 Å². The normalized spacial score (nSPS) is 27.7. The lowest BCUT2D eigenvalue weighted by Gasteiger charge is -2.35. The predicted molar refractivity (Wildman–Crippen MR) is 66.6 cm³/mol. The Balaban J connectivity index is 3.14. The van der Waals surface area contributed by atoms with Gasteiger partial charge in [-0.1, -0.05) is 18.2 Å². The Labute approximate surface area is 111 Å². The van der Waals surface area contributed by atoms with Gasteiger partial charge in [-0.2, -0.15) is 0 Å². The lowest BCUT2D eigenvalue weighted by Crippen LogP contribution is -2.40. The van der Waals surface area contributed by atoms with Crippen LogP contribution in [-0.4, -0.2) is 47.1 Å². The van der Waals surface area contributed by atoms with E-state index in [4.69, 9.17) is 9.84 Å². The molecule has 1 aliphatic carbocycles. The van der Waals surface area contributed by atoms with Crippen LogP contribution in [-0.2, 0) is 14.3 Å². The van der Waals surface area contributed by atoms with E-state index in [-0.39, 0.29) is 18.6 Å². The molecule has 106 valence electrons. The van der Waals surface area contributed by atoms with Crippen molar-refractivity contribution in [3.8, 4) is 0 Å². The van der Waals surface area contributed by atoms with E-state index in [1.807, 2.05) is 0 Å². The third-order valence-corrected chi connectivity index (χ3v) is 3.56. The molecule has 0 spiro atoms. The second-order valence-corrected chi connectivity index (χ2v) is 4.70. The fraction of sp³-hybridized carbons (Fsp3) is 0.538. The number of rotatable bonds is 6. The van der Waals surface area contributed by atoms with Crippen LogP contribution in [0.5, 0.6) is 0 Å². The summed E-state index contributed by atoms with van der Waals surface area (Å²) in [6.45, 7) is 1.18. The highest BCUT2D eigenvalue weighted by Crippen LogP contribution is 2.41. The zero-order chi connectivity index (χ0) is 14.6. The molecule has 19 heavy (non-hydrogen) atoms. The minimum absolute atomic E-state index is 0.0166. The van der Waals surface area contributed by atoms with Crippen molar-refractivity contribution in [2.24, 2.45) is 11.3 Å². The Bertz CT molecular complexity index is 421. The van der Waals surface area contributed by atoms with Gasteiger partial charge in [0.2, 0.25) is 0 Å². The van der Waals surface area contributed by atoms with Gasteiger partial charge in [-0.25, -0.2) is 4.79 Å². The highest BCUT2D eigenvalue weighted by molar-refractivity contribution is 5.91. The molecular weight excluding hydrogens is 252 g/mol. The summed E-state index contributed by atoms with van der Waals surface area (Å²) in [7, 11) is 1.39. The van der Waals surface area contributed by atoms with Gasteiger partial charge in [-0.05, 0) is 13.3 Å². The van der Waals surface area contributed by atoms with E-state index >= 15 is 0 Å². The van der Waals surface area contributed by atoms with Gasteiger partial charge in [-0.15, -0.1) is 0 Å². The molecule has 0 fully saturated rings. The van der Waals surface area contributed by atoms with Crippen molar-refractivity contribution in [3.63, 3.8) is 0 Å². The summed E-state index contributed by atoms with van der Waals surface area (Å²) in [5.41, 5.74) is -1.31. The molecular formula is C13H18O6. The average Bonchev–Trinajstić information content (AvgIpc) is 2.36. The summed E-state index contributed by atoms with van der Waals surface area (Å²) >= 11 is 0. The molecule has 0 bridgehead atoms. The van der Waals surface area contributed by atoms with Crippen molar-refractivity contribution >= 4 is 11.9 Å². The number of ether oxygens (including phenoxy) is 1. The molecule has 6 nitrogen and oxygen atoms in total. The van der Waals surface area contributed by atoms with Crippen LogP contribution in [0.3, 0.4) is 0 Å². The van der Waals surface area contributed by atoms with Gasteiger partial charge in [0.15, 0.2) is 0 Å². The second-order valence-electron chi connectivity index (χ2n) is 4.70. The topological polar surface area (TPSA) is 104 Å². The van der Waals surface area contributed by atoms with Gasteiger partial charge in [0.25, 0.3) is 0 Å². The zero-order valence-electron chi connectivity index (χ0n) is 10.9. The molecule has 0 aromatic heterocycles. The van der Waals surface area contributed by atoms with Crippen molar-refractivity contribution in [2.45, 2.75) is 19.4 Å². The number of hydrogen-bond donors (Lipinski definition) is 3. The van der Waals surface area contributed by atoms with Crippen LogP contribution < -0.4 is 0 Å². The number of aliphatic hydroxyl groups excluding tert-OH is 1. The number of hydrogen-bond acceptors (Lipinski definition) is 4. The highest BCUT2D eigenvalue weighted by Gasteiger charge is 2.45. The van der Waals surface area contributed by atoms with Crippen molar-refractivity contribution < 1.29 is 29.6 Å². The summed E-state index contributed by atoms with van der Waals surface area (Å²) in [5, 5.41) is 27.7. The Hall–Kier alpha value is -1.66. The molecule has 1 rings (SSSR count). The number of carboxylic acid groups (broad SMARTS) is 2. The fourth-order valence-electron chi connectivity index (χ4n) is 2.23. The molecule has 0 amide bonds. The first-order valence-corrected chi connectivity index (χ1v) is 5.86. The maximum atomic E-state index is 11.4. The summed E-state index contributed by atoms with van der Waals surface area (Å²) in [4.78, 5) is 22.7. The van der Waals surface area contributed by atoms with E-state index < -0.39 is 29.4 Å². The van der Waals surface area contributed by atoms with Gasteiger partial charge >= 0.3 is 11.9 Å². The maximum absolute atomic E-state index is 11.4. The first-order valence-electron chi connectivity index (χ1n) is 5.86. The summed E-state index contributed by atoms with van der Waals surface area (Å²) < 4.78 is 5.02. The number of aliphatic hydroxyl groups is 1. The van der Waals surface area contributed by atoms with E-state index in [9.17, 15) is 19.8 Å². The second kappa shape index (κ2) is 5.99. The molecule has 3 unspecified atom stereocenters. The van der Waals surface area contributed by atoms with Crippen LogP contribution in [0.25, 0.3) is 0 Å². The quantitative estimate of drug-likeness (QED) is 0.655. The number of allylic oxidation sites excluding steroid dienone is 2. The third-order valence-electron chi connectivity index (χ3n) is 3.56. The van der Waals surface area contributed by atoms with E-state index in [0.717, 1.165) is 0 Å². The van der Waals surface area contributed by atoms with Gasteiger partial charge in [-0.3, -0.25) is 4.79 Å². The Kier molecular flexibility index (Phi) is 4.85. The zero-order valence-corrected chi connectivity index (χ0v) is 10.9. The molecule has 0 aromatic rings. The van der Waals surface area contributed by atoms with Crippen LogP contribution in [0.2, 0.25) is 0 Å². The summed E-state index contributed by atoms with van der Waals surface area (Å²) in [5.74, 6) is -3.02. The average molecular weight is 270 g/mol. The number of carboxylic acids is 2. The van der Waals surface area contributed by atoms with Crippen LogP contribution in [0.15, 0.2) is 23.8 Å². The molecule has 0 heterocycles. The van der Waals surface area contributed by atoms with Crippen molar-refractivity contribution in [1.29, 1.82) is 0 Å². The van der Waals surface area contributed by atoms with E-state index in [2.05, 4.69) is 0 Å². The molecule has 0 saturated heterocycles. The number of aliphatic carboxylic acids is 2. The van der Waals surface area contributed by atoms with Gasteiger partial charge in [0, 0.05) is 18.6 Å². The lowest BCUT2D eigenvalue weighted by molar-refractivity contribution is -0.148. The van der Waals surface area contributed by atoms with E-state index in [1.165, 1.54) is 32.3 Å². The molecule has 0 aromatic carbocycles. The van der Waals surface area contributed by atoms with Crippen LogP contribution in [0.4, 0.5) is 0 Å². The Morgan fingerprint density at radius 2 is 2.11 bits per heavy atom. The minimum Gasteiger partial charge on any atom is -0.481 e. The predicted octanol–water partition coefficient (Wildman–Crippen LogP) is 0.672. The number of carbonyl (C=O) groups is 2. The maximum Gasteiger partial charge on any atom is 0.331 e. The standard InChI is InChI=1S/C13H18O6/c1-13(12(17)18)5-3-4-9(11(15)16)10(13)6-8(7-14)19-2/h3-5,8,10,14H,6-7H2,1-2H3,(H,15,16)(H,17,18). The SMILES string of the molecule is COC(CO)CC1C(C(=O)O)=CC=CC1(C)C(=O)O. The molecule has 6 heteroatoms. The van der Waals surface area contributed by atoms with Crippen LogP contribution >= 0.6 is 0 Å². The summed E-state index contributed by atoms with van der Waals surface area (Å²) in [6, 6.07) is 0. The largest absolute Gasteiger partial charge is 0.481 e. The van der Waals surface area contributed by atoms with Gasteiger partial charge < -0.3 is 20.1 Å². The van der Waals surface area contributed by atoms with Gasteiger partial charge in [0.05, 0.1) is 18.1 Å². The molecule has 0 saturated carbocycles. The Morgan fingerprint density at radius 1 is 1.47 bits per heavy atom. The lowest BCUT2D eigenvalue weighted by atomic mass is 9.68. The number of methoxy groups -OCH3 is 1. The first kappa shape index (κ1) is 15.4. The van der Waals surface area contributed by atoms with Crippen molar-refractivity contribution in [1.82, 2.24) is 0 Å². The first-order chi connectivity index (χ1) is 8.86. The molecule has 1 aliphatic rings. The van der Waals surface area contributed by atoms with Crippen molar-refractivity contribution in [2.75, 3.05) is 13.7 Å².